The standard InChI is InChI=1S/C10H15NO/c1-7(12)9-4-2-3-8-5-6-10(9)11-8/h4,8,10-11H,2-3,5-6H2,1H3/t8-,10+/m1/s1. The van der Waals surface area contributed by atoms with Crippen molar-refractivity contribution in [3.05, 3.63) is 11.6 Å². The lowest BCUT2D eigenvalue weighted by atomic mass is 9.98. The van der Waals surface area contributed by atoms with Gasteiger partial charge in [0.1, 0.15) is 0 Å². The van der Waals surface area contributed by atoms with E-state index in [9.17, 15) is 4.79 Å². The third-order valence-electron chi connectivity index (χ3n) is 2.90. The average Bonchev–Trinajstić information content (AvgIpc) is 2.30. The summed E-state index contributed by atoms with van der Waals surface area (Å²) in [6.45, 7) is 1.67. The molecule has 2 aliphatic heterocycles. The van der Waals surface area contributed by atoms with Crippen molar-refractivity contribution in [2.75, 3.05) is 0 Å². The Morgan fingerprint density at radius 2 is 2.33 bits per heavy atom. The topological polar surface area (TPSA) is 29.1 Å². The first-order valence-corrected chi connectivity index (χ1v) is 4.74. The van der Waals surface area contributed by atoms with E-state index in [1.54, 1.807) is 6.92 Å². The van der Waals surface area contributed by atoms with Gasteiger partial charge in [0.25, 0.3) is 0 Å². The van der Waals surface area contributed by atoms with Gasteiger partial charge in [0, 0.05) is 17.7 Å². The SMILES string of the molecule is CC(=O)C1=CCC[C@@H]2CC[C@@H]1N2. The molecule has 2 heteroatoms. The maximum Gasteiger partial charge on any atom is 0.157 e. The molecule has 0 radical (unpaired) electrons. The molecular weight excluding hydrogens is 150 g/mol. The highest BCUT2D eigenvalue weighted by atomic mass is 16.1. The van der Waals surface area contributed by atoms with Crippen molar-refractivity contribution < 1.29 is 4.79 Å². The quantitative estimate of drug-likeness (QED) is 0.636. The molecule has 0 amide bonds. The summed E-state index contributed by atoms with van der Waals surface area (Å²) in [5, 5.41) is 3.50. The van der Waals surface area contributed by atoms with E-state index < -0.39 is 0 Å². The van der Waals surface area contributed by atoms with Gasteiger partial charge in [-0.3, -0.25) is 4.79 Å². The van der Waals surface area contributed by atoms with Crippen LogP contribution < -0.4 is 5.32 Å². The number of hydrogen-bond donors (Lipinski definition) is 1. The van der Waals surface area contributed by atoms with Crippen LogP contribution in [-0.2, 0) is 4.79 Å². The van der Waals surface area contributed by atoms with Gasteiger partial charge in [-0.1, -0.05) is 6.08 Å². The number of hydrogen-bond acceptors (Lipinski definition) is 2. The maximum absolute atomic E-state index is 11.2. The van der Waals surface area contributed by atoms with Crippen molar-refractivity contribution in [3.8, 4) is 0 Å². The first-order chi connectivity index (χ1) is 5.77. The summed E-state index contributed by atoms with van der Waals surface area (Å²) in [5.41, 5.74) is 1.02. The van der Waals surface area contributed by atoms with Crippen molar-refractivity contribution in [1.29, 1.82) is 0 Å². The normalized spacial score (nSPS) is 34.2. The molecule has 12 heavy (non-hydrogen) atoms. The summed E-state index contributed by atoms with van der Waals surface area (Å²) >= 11 is 0. The van der Waals surface area contributed by atoms with Crippen LogP contribution >= 0.6 is 0 Å². The van der Waals surface area contributed by atoms with Crippen LogP contribution in [0.1, 0.15) is 32.6 Å². The predicted molar refractivity (Wildman–Crippen MR) is 47.9 cm³/mol. The number of fused-ring (bicyclic) bond motifs is 2. The molecule has 1 saturated heterocycles. The van der Waals surface area contributed by atoms with Crippen LogP contribution in [0.15, 0.2) is 11.6 Å². The molecular formula is C10H15NO. The van der Waals surface area contributed by atoms with Gasteiger partial charge in [-0.2, -0.15) is 0 Å². The third-order valence-corrected chi connectivity index (χ3v) is 2.90. The molecule has 2 nitrogen and oxygen atoms in total. The van der Waals surface area contributed by atoms with Gasteiger partial charge in [-0.15, -0.1) is 0 Å². The zero-order valence-electron chi connectivity index (χ0n) is 7.47. The minimum atomic E-state index is 0.245. The fourth-order valence-corrected chi connectivity index (χ4v) is 2.26. The molecule has 0 aromatic rings. The lowest BCUT2D eigenvalue weighted by Crippen LogP contribution is -2.30. The summed E-state index contributed by atoms with van der Waals surface area (Å²) in [5.74, 6) is 0.245. The second-order valence-corrected chi connectivity index (χ2v) is 3.79. The summed E-state index contributed by atoms with van der Waals surface area (Å²) in [4.78, 5) is 11.2. The van der Waals surface area contributed by atoms with Crippen molar-refractivity contribution in [1.82, 2.24) is 5.32 Å². The molecule has 0 unspecified atom stereocenters. The van der Waals surface area contributed by atoms with E-state index in [2.05, 4.69) is 11.4 Å². The Hall–Kier alpha value is -0.630. The number of rotatable bonds is 1. The zero-order valence-corrected chi connectivity index (χ0v) is 7.47. The summed E-state index contributed by atoms with van der Waals surface area (Å²) in [7, 11) is 0. The summed E-state index contributed by atoms with van der Waals surface area (Å²) in [6.07, 6.45) is 6.79. The van der Waals surface area contributed by atoms with Crippen LogP contribution in [0.3, 0.4) is 0 Å². The molecule has 0 aliphatic carbocycles. The van der Waals surface area contributed by atoms with Crippen LogP contribution in [0.25, 0.3) is 0 Å². The Labute approximate surface area is 73.0 Å². The Morgan fingerprint density at radius 1 is 1.50 bits per heavy atom. The third kappa shape index (κ3) is 1.31. The van der Waals surface area contributed by atoms with E-state index >= 15 is 0 Å². The number of ketones is 1. The van der Waals surface area contributed by atoms with Gasteiger partial charge in [0.05, 0.1) is 0 Å². The fourth-order valence-electron chi connectivity index (χ4n) is 2.26. The van der Waals surface area contributed by atoms with Crippen molar-refractivity contribution in [3.63, 3.8) is 0 Å². The first-order valence-electron chi connectivity index (χ1n) is 4.74. The van der Waals surface area contributed by atoms with Gasteiger partial charge in [-0.25, -0.2) is 0 Å². The van der Waals surface area contributed by atoms with Crippen molar-refractivity contribution >= 4 is 5.78 Å². The number of carbonyl (C=O) groups excluding carboxylic acids is 1. The van der Waals surface area contributed by atoms with E-state index in [-0.39, 0.29) is 5.78 Å². The number of allylic oxidation sites excluding steroid dienone is 1. The molecule has 2 atom stereocenters. The Morgan fingerprint density at radius 3 is 3.08 bits per heavy atom. The van der Waals surface area contributed by atoms with Crippen LogP contribution in [0.5, 0.6) is 0 Å². The van der Waals surface area contributed by atoms with Gasteiger partial charge in [0.2, 0.25) is 0 Å². The largest absolute Gasteiger partial charge is 0.307 e. The highest BCUT2D eigenvalue weighted by Gasteiger charge is 2.29. The summed E-state index contributed by atoms with van der Waals surface area (Å²) in [6, 6.07) is 1.04. The highest BCUT2D eigenvalue weighted by Crippen LogP contribution is 2.26. The number of carbonyl (C=O) groups is 1. The molecule has 2 heterocycles. The number of nitrogens with one attached hydrogen (secondary N) is 1. The van der Waals surface area contributed by atoms with Crippen LogP contribution in [0.2, 0.25) is 0 Å². The molecule has 0 aromatic carbocycles. The van der Waals surface area contributed by atoms with Crippen LogP contribution in [-0.4, -0.2) is 17.9 Å². The smallest absolute Gasteiger partial charge is 0.157 e. The summed E-state index contributed by atoms with van der Waals surface area (Å²) < 4.78 is 0. The Bertz CT molecular complexity index is 232. The first kappa shape index (κ1) is 7.99. The molecule has 0 saturated carbocycles. The van der Waals surface area contributed by atoms with E-state index in [1.165, 1.54) is 12.8 Å². The van der Waals surface area contributed by atoms with Crippen molar-refractivity contribution in [2.45, 2.75) is 44.7 Å². The predicted octanol–water partition coefficient (Wildman–Crippen LogP) is 1.42. The molecule has 1 fully saturated rings. The molecule has 1 N–H and O–H groups in total. The molecule has 0 aromatic heterocycles. The molecule has 0 spiro atoms. The van der Waals surface area contributed by atoms with E-state index in [4.69, 9.17) is 0 Å². The van der Waals surface area contributed by atoms with Crippen molar-refractivity contribution in [2.24, 2.45) is 0 Å². The van der Waals surface area contributed by atoms with E-state index in [0.717, 1.165) is 18.4 Å². The van der Waals surface area contributed by atoms with Gasteiger partial charge < -0.3 is 5.32 Å². The highest BCUT2D eigenvalue weighted by molar-refractivity contribution is 5.94. The van der Waals surface area contributed by atoms with Crippen LogP contribution in [0.4, 0.5) is 0 Å². The number of Topliss-reactive ketones (excluding diaryl/α,β-unsaturated/α-hetero) is 1. The minimum absolute atomic E-state index is 0.245. The molecule has 2 bridgehead atoms. The van der Waals surface area contributed by atoms with Gasteiger partial charge in [-0.05, 0) is 32.6 Å². The molecule has 2 aliphatic rings. The molecule has 2 rings (SSSR count). The minimum Gasteiger partial charge on any atom is -0.307 e. The lowest BCUT2D eigenvalue weighted by molar-refractivity contribution is -0.113. The van der Waals surface area contributed by atoms with Gasteiger partial charge >= 0.3 is 0 Å². The monoisotopic (exact) mass is 165 g/mol. The Balaban J connectivity index is 2.20. The van der Waals surface area contributed by atoms with Gasteiger partial charge in [0.15, 0.2) is 5.78 Å². The second-order valence-electron chi connectivity index (χ2n) is 3.79. The lowest BCUT2D eigenvalue weighted by Gasteiger charge is -2.11. The molecule has 66 valence electrons. The average molecular weight is 165 g/mol. The van der Waals surface area contributed by atoms with E-state index in [1.807, 2.05) is 0 Å². The Kier molecular flexibility index (Phi) is 2.01. The zero-order chi connectivity index (χ0) is 8.55. The van der Waals surface area contributed by atoms with Crippen LogP contribution in [0, 0.1) is 0 Å². The van der Waals surface area contributed by atoms with E-state index in [0.29, 0.717) is 12.1 Å². The second kappa shape index (κ2) is 3.02. The maximum atomic E-state index is 11.2. The fraction of sp³-hybridized carbons (Fsp3) is 0.700.